The summed E-state index contributed by atoms with van der Waals surface area (Å²) in [5.74, 6) is 0.634. The van der Waals surface area contributed by atoms with Gasteiger partial charge in [0.25, 0.3) is 0 Å². The number of rotatable bonds is 5. The zero-order valence-electron chi connectivity index (χ0n) is 17.1. The molecule has 3 rings (SSSR count). The van der Waals surface area contributed by atoms with Crippen molar-refractivity contribution in [1.82, 2.24) is 0 Å². The molecule has 0 nitrogen and oxygen atoms in total. The Hall–Kier alpha value is -1.39. The molecule has 0 atom stereocenters. The van der Waals surface area contributed by atoms with Crippen molar-refractivity contribution in [1.29, 1.82) is 0 Å². The highest BCUT2D eigenvalue weighted by Gasteiger charge is 2.31. The molecule has 0 spiro atoms. The molecule has 162 valence electrons. The summed E-state index contributed by atoms with van der Waals surface area (Å²) in [6.45, 7) is 2.25. The molecule has 29 heavy (non-hydrogen) atoms. The Morgan fingerprint density at radius 2 is 1.38 bits per heavy atom. The van der Waals surface area contributed by atoms with Crippen LogP contribution in [0.2, 0.25) is 0 Å². The third-order valence-corrected chi connectivity index (χ3v) is 7.04. The zero-order valence-corrected chi connectivity index (χ0v) is 17.1. The predicted molar refractivity (Wildman–Crippen MR) is 107 cm³/mol. The second-order valence-electron chi connectivity index (χ2n) is 8.95. The van der Waals surface area contributed by atoms with Crippen LogP contribution in [0.4, 0.5) is 22.0 Å². The summed E-state index contributed by atoms with van der Waals surface area (Å²) in [7, 11) is 0. The lowest BCUT2D eigenvalue weighted by molar-refractivity contribution is -0.0790. The monoisotopic (exact) mass is 414 g/mol. The van der Waals surface area contributed by atoms with Gasteiger partial charge >= 0.3 is 6.18 Å². The van der Waals surface area contributed by atoms with Crippen molar-refractivity contribution < 1.29 is 22.0 Å². The number of allylic oxidation sites excluding steroid dienone is 1. The van der Waals surface area contributed by atoms with Gasteiger partial charge in [0, 0.05) is 11.6 Å². The van der Waals surface area contributed by atoms with E-state index in [9.17, 15) is 22.0 Å². The minimum Gasteiger partial charge on any atom is -0.206 e. The van der Waals surface area contributed by atoms with Crippen LogP contribution in [0.1, 0.15) is 88.2 Å². The van der Waals surface area contributed by atoms with Gasteiger partial charge < -0.3 is 0 Å². The van der Waals surface area contributed by atoms with E-state index in [1.807, 2.05) is 0 Å². The Morgan fingerprint density at radius 3 is 1.86 bits per heavy atom. The van der Waals surface area contributed by atoms with Crippen molar-refractivity contribution >= 4 is 6.08 Å². The lowest BCUT2D eigenvalue weighted by atomic mass is 9.68. The van der Waals surface area contributed by atoms with Crippen molar-refractivity contribution in [2.45, 2.75) is 83.2 Å². The first-order valence-corrected chi connectivity index (χ1v) is 11.0. The Bertz CT molecular complexity index is 667. The topological polar surface area (TPSA) is 0 Å². The van der Waals surface area contributed by atoms with Crippen molar-refractivity contribution in [3.05, 3.63) is 41.0 Å². The third-order valence-electron chi connectivity index (χ3n) is 7.04. The summed E-state index contributed by atoms with van der Waals surface area (Å²) in [6, 6.07) is 2.44. The molecule has 0 aliphatic heterocycles. The Labute approximate surface area is 170 Å². The molecule has 0 aromatic heterocycles. The highest BCUT2D eigenvalue weighted by atomic mass is 19.4. The van der Waals surface area contributed by atoms with Gasteiger partial charge in [0.15, 0.2) is 0 Å². The first kappa shape index (κ1) is 22.3. The van der Waals surface area contributed by atoms with Gasteiger partial charge in [-0.15, -0.1) is 0 Å². The maximum Gasteiger partial charge on any atom is 0.409 e. The first-order chi connectivity index (χ1) is 13.8. The standard InChI is InChI=1S/C24H31F5/c1-2-3-16-4-6-17(7-5-16)18-8-10-19(11-9-18)20-14-22(25)21(23(26)15-20)12-13-24(27,28)29/h12-19H,2-11H2,1H3/b13-12+. The molecule has 2 saturated carbocycles. The van der Waals surface area contributed by atoms with Crippen molar-refractivity contribution in [3.8, 4) is 0 Å². The summed E-state index contributed by atoms with van der Waals surface area (Å²) in [5, 5.41) is 0. The zero-order chi connectivity index (χ0) is 21.0. The second-order valence-corrected chi connectivity index (χ2v) is 8.95. The number of hydrogen-bond acceptors (Lipinski definition) is 0. The van der Waals surface area contributed by atoms with E-state index in [2.05, 4.69) is 6.92 Å². The average molecular weight is 415 g/mol. The van der Waals surface area contributed by atoms with Gasteiger partial charge in [-0.1, -0.05) is 32.6 Å². The molecule has 1 aromatic rings. The maximum atomic E-state index is 14.2. The number of alkyl halides is 3. The van der Waals surface area contributed by atoms with Gasteiger partial charge in [0.2, 0.25) is 0 Å². The Kier molecular flexibility index (Phi) is 7.39. The predicted octanol–water partition coefficient (Wildman–Crippen LogP) is 8.42. The van der Waals surface area contributed by atoms with Crippen LogP contribution in [0.3, 0.4) is 0 Å². The molecule has 0 bridgehead atoms. The van der Waals surface area contributed by atoms with Gasteiger partial charge in [-0.3, -0.25) is 0 Å². The molecule has 0 N–H and O–H groups in total. The van der Waals surface area contributed by atoms with Crippen molar-refractivity contribution in [2.75, 3.05) is 0 Å². The van der Waals surface area contributed by atoms with Crippen LogP contribution in [0.25, 0.3) is 6.08 Å². The molecule has 0 unspecified atom stereocenters. The molecular weight excluding hydrogens is 383 g/mol. The van der Waals surface area contributed by atoms with Crippen LogP contribution in [-0.2, 0) is 0 Å². The smallest absolute Gasteiger partial charge is 0.206 e. The van der Waals surface area contributed by atoms with Crippen molar-refractivity contribution in [2.24, 2.45) is 17.8 Å². The average Bonchev–Trinajstić information content (AvgIpc) is 2.67. The van der Waals surface area contributed by atoms with Crippen LogP contribution in [0, 0.1) is 29.4 Å². The van der Waals surface area contributed by atoms with E-state index in [-0.39, 0.29) is 12.0 Å². The lowest BCUT2D eigenvalue weighted by Gasteiger charge is -2.38. The van der Waals surface area contributed by atoms with Crippen LogP contribution in [-0.4, -0.2) is 6.18 Å². The molecule has 2 aliphatic rings. The minimum absolute atomic E-state index is 0.0901. The molecule has 5 heteroatoms. The van der Waals surface area contributed by atoms with Gasteiger partial charge in [-0.2, -0.15) is 13.2 Å². The Morgan fingerprint density at radius 1 is 0.862 bits per heavy atom. The second kappa shape index (κ2) is 9.61. The molecule has 2 aliphatic carbocycles. The number of hydrogen-bond donors (Lipinski definition) is 0. The van der Waals surface area contributed by atoms with E-state index in [0.717, 1.165) is 37.5 Å². The molecule has 0 radical (unpaired) electrons. The van der Waals surface area contributed by atoms with E-state index in [1.54, 1.807) is 0 Å². The van der Waals surface area contributed by atoms with Gasteiger partial charge in [-0.25, -0.2) is 8.78 Å². The fraction of sp³-hybridized carbons (Fsp3) is 0.667. The van der Waals surface area contributed by atoms with Crippen LogP contribution in [0.5, 0.6) is 0 Å². The summed E-state index contributed by atoms with van der Waals surface area (Å²) in [6.07, 6.45) is 7.59. The summed E-state index contributed by atoms with van der Waals surface area (Å²) < 4.78 is 65.4. The van der Waals surface area contributed by atoms with E-state index >= 15 is 0 Å². The van der Waals surface area contributed by atoms with E-state index in [0.29, 0.717) is 17.6 Å². The quantitative estimate of drug-likeness (QED) is 0.424. The van der Waals surface area contributed by atoms with Crippen LogP contribution in [0.15, 0.2) is 18.2 Å². The fourth-order valence-corrected chi connectivity index (χ4v) is 5.46. The van der Waals surface area contributed by atoms with E-state index in [4.69, 9.17) is 0 Å². The summed E-state index contributed by atoms with van der Waals surface area (Å²) in [5.41, 5.74) is -0.0436. The molecule has 0 heterocycles. The lowest BCUT2D eigenvalue weighted by Crippen LogP contribution is -2.25. The van der Waals surface area contributed by atoms with Crippen molar-refractivity contribution in [3.63, 3.8) is 0 Å². The fourth-order valence-electron chi connectivity index (χ4n) is 5.46. The third kappa shape index (κ3) is 6.05. The van der Waals surface area contributed by atoms with Crippen LogP contribution < -0.4 is 0 Å². The first-order valence-electron chi connectivity index (χ1n) is 11.0. The van der Waals surface area contributed by atoms with Crippen LogP contribution >= 0.6 is 0 Å². The van der Waals surface area contributed by atoms with E-state index in [1.165, 1.54) is 50.7 Å². The molecule has 0 saturated heterocycles. The van der Waals surface area contributed by atoms with Gasteiger partial charge in [0.05, 0.1) is 0 Å². The number of halogens is 5. The summed E-state index contributed by atoms with van der Waals surface area (Å²) >= 11 is 0. The molecular formula is C24H31F5. The SMILES string of the molecule is CCCC1CCC(C2CCC(c3cc(F)c(/C=C/C(F)(F)F)c(F)c3)CC2)CC1. The highest BCUT2D eigenvalue weighted by Crippen LogP contribution is 2.44. The molecule has 1 aromatic carbocycles. The minimum atomic E-state index is -4.59. The van der Waals surface area contributed by atoms with Gasteiger partial charge in [0.1, 0.15) is 11.6 Å². The largest absolute Gasteiger partial charge is 0.409 e. The maximum absolute atomic E-state index is 14.2. The summed E-state index contributed by atoms with van der Waals surface area (Å²) in [4.78, 5) is 0. The Balaban J connectivity index is 1.58. The normalized spacial score (nSPS) is 28.8. The van der Waals surface area contributed by atoms with Gasteiger partial charge in [-0.05, 0) is 86.0 Å². The highest BCUT2D eigenvalue weighted by molar-refractivity contribution is 5.52. The molecule has 2 fully saturated rings. The van der Waals surface area contributed by atoms with E-state index < -0.39 is 23.4 Å². The number of benzene rings is 1. The molecule has 0 amide bonds.